The fraction of sp³-hybridized carbons (Fsp3) is 0.278. The number of hydrogen-bond acceptors (Lipinski definition) is 7. The molecule has 3 aromatic rings. The van der Waals surface area contributed by atoms with Gasteiger partial charge in [0.25, 0.3) is 0 Å². The summed E-state index contributed by atoms with van der Waals surface area (Å²) in [6, 6.07) is 4.73. The molecule has 0 bridgehead atoms. The number of anilines is 2. The molecule has 0 atom stereocenters. The summed E-state index contributed by atoms with van der Waals surface area (Å²) in [5.41, 5.74) is -0.863. The van der Waals surface area contributed by atoms with Crippen LogP contribution in [0.3, 0.4) is 0 Å². The maximum Gasteiger partial charge on any atom is 0.456 e. The predicted molar refractivity (Wildman–Crippen MR) is 96.8 cm³/mol. The number of pyridine rings is 2. The standard InChI is InChI=1S/C18H12F8N6O/c1-9-7-10(5-6-27-9)28-14-30-13(11-3-2-4-12(29-11)17(21,22)23)31-15(32-14)33-8-16(19,20)18(24,25)26/h2-7H,8H2,1H3,(H,27,28,30,31,32). The normalized spacial score (nSPS) is 12.5. The fourth-order valence-corrected chi connectivity index (χ4v) is 2.30. The van der Waals surface area contributed by atoms with Gasteiger partial charge in [0.15, 0.2) is 12.4 Å². The number of nitrogens with zero attached hydrogens (tertiary/aromatic N) is 5. The average Bonchev–Trinajstić information content (AvgIpc) is 2.71. The Morgan fingerprint density at radius 1 is 0.909 bits per heavy atom. The van der Waals surface area contributed by atoms with Gasteiger partial charge in [0.2, 0.25) is 5.95 Å². The number of halogens is 8. The van der Waals surface area contributed by atoms with Crippen molar-refractivity contribution in [1.29, 1.82) is 0 Å². The first-order valence-corrected chi connectivity index (χ1v) is 8.82. The molecule has 3 rings (SSSR count). The van der Waals surface area contributed by atoms with E-state index in [1.807, 2.05) is 0 Å². The zero-order valence-electron chi connectivity index (χ0n) is 16.3. The number of nitrogens with one attached hydrogen (secondary N) is 1. The summed E-state index contributed by atoms with van der Waals surface area (Å²) in [6.07, 6.45) is -9.32. The van der Waals surface area contributed by atoms with Crippen LogP contribution in [-0.4, -0.2) is 43.6 Å². The molecule has 0 amide bonds. The van der Waals surface area contributed by atoms with Crippen molar-refractivity contribution in [3.8, 4) is 17.5 Å². The van der Waals surface area contributed by atoms with Crippen molar-refractivity contribution in [3.05, 3.63) is 47.9 Å². The van der Waals surface area contributed by atoms with E-state index in [-0.39, 0.29) is 0 Å². The topological polar surface area (TPSA) is 85.7 Å². The molecule has 0 aliphatic carbocycles. The van der Waals surface area contributed by atoms with E-state index in [4.69, 9.17) is 0 Å². The van der Waals surface area contributed by atoms with Gasteiger partial charge in [-0.1, -0.05) is 6.07 Å². The first-order chi connectivity index (χ1) is 15.2. The van der Waals surface area contributed by atoms with Gasteiger partial charge in [-0.3, -0.25) is 4.98 Å². The van der Waals surface area contributed by atoms with Crippen LogP contribution in [0.25, 0.3) is 11.5 Å². The minimum absolute atomic E-state index is 0.336. The molecule has 1 N–H and O–H groups in total. The lowest BCUT2D eigenvalue weighted by molar-refractivity contribution is -0.290. The number of alkyl halides is 8. The van der Waals surface area contributed by atoms with Gasteiger partial charge in [0.05, 0.1) is 0 Å². The lowest BCUT2D eigenvalue weighted by atomic mass is 10.3. The molecular weight excluding hydrogens is 468 g/mol. The first kappa shape index (κ1) is 24.0. The predicted octanol–water partition coefficient (Wildman–Crippen LogP) is 4.98. The van der Waals surface area contributed by atoms with Crippen LogP contribution in [0.1, 0.15) is 11.4 Å². The van der Waals surface area contributed by atoms with Gasteiger partial charge < -0.3 is 10.1 Å². The molecule has 0 aliphatic rings. The van der Waals surface area contributed by atoms with Crippen molar-refractivity contribution >= 4 is 11.6 Å². The van der Waals surface area contributed by atoms with Crippen LogP contribution in [0, 0.1) is 6.92 Å². The molecule has 0 radical (unpaired) electrons. The number of hydrogen-bond donors (Lipinski definition) is 1. The summed E-state index contributed by atoms with van der Waals surface area (Å²) in [6.45, 7) is -0.520. The molecule has 176 valence electrons. The van der Waals surface area contributed by atoms with E-state index in [2.05, 4.69) is 35.0 Å². The fourth-order valence-electron chi connectivity index (χ4n) is 2.30. The minimum atomic E-state index is -5.90. The van der Waals surface area contributed by atoms with E-state index in [1.54, 1.807) is 6.92 Å². The molecule has 33 heavy (non-hydrogen) atoms. The molecule has 0 spiro atoms. The molecule has 0 aromatic carbocycles. The van der Waals surface area contributed by atoms with Gasteiger partial charge in [0.1, 0.15) is 11.4 Å². The van der Waals surface area contributed by atoms with Crippen LogP contribution in [-0.2, 0) is 6.18 Å². The molecule has 0 aliphatic heterocycles. The number of aromatic nitrogens is 5. The molecule has 0 unspecified atom stereocenters. The molecule has 0 saturated heterocycles. The highest BCUT2D eigenvalue weighted by atomic mass is 19.4. The Morgan fingerprint density at radius 3 is 2.27 bits per heavy atom. The van der Waals surface area contributed by atoms with Gasteiger partial charge in [0, 0.05) is 17.6 Å². The highest BCUT2D eigenvalue weighted by Gasteiger charge is 2.58. The lowest BCUT2D eigenvalue weighted by Gasteiger charge is -2.19. The van der Waals surface area contributed by atoms with Crippen molar-refractivity contribution in [2.45, 2.75) is 25.2 Å². The molecule has 7 nitrogen and oxygen atoms in total. The van der Waals surface area contributed by atoms with E-state index >= 15 is 0 Å². The summed E-state index contributed by atoms with van der Waals surface area (Å²) in [5.74, 6) is -6.20. The van der Waals surface area contributed by atoms with Crippen molar-refractivity contribution in [2.24, 2.45) is 0 Å². The Hall–Kier alpha value is -3.65. The summed E-state index contributed by atoms with van der Waals surface area (Å²) in [5, 5.41) is 2.63. The molecule has 3 aromatic heterocycles. The third-order valence-electron chi connectivity index (χ3n) is 3.83. The van der Waals surface area contributed by atoms with E-state index < -0.39 is 54.1 Å². The highest BCUT2D eigenvalue weighted by Crippen LogP contribution is 2.36. The third kappa shape index (κ3) is 5.98. The van der Waals surface area contributed by atoms with Gasteiger partial charge in [-0.25, -0.2) is 4.98 Å². The molecule has 15 heteroatoms. The van der Waals surface area contributed by atoms with E-state index in [0.29, 0.717) is 17.4 Å². The van der Waals surface area contributed by atoms with Crippen molar-refractivity contribution in [3.63, 3.8) is 0 Å². The quantitative estimate of drug-likeness (QED) is 0.499. The molecule has 3 heterocycles. The van der Waals surface area contributed by atoms with Crippen LogP contribution < -0.4 is 10.1 Å². The second kappa shape index (κ2) is 8.71. The van der Waals surface area contributed by atoms with E-state index in [9.17, 15) is 35.1 Å². The number of rotatable bonds is 6. The Bertz CT molecular complexity index is 1140. The van der Waals surface area contributed by atoms with Crippen molar-refractivity contribution < 1.29 is 39.9 Å². The summed E-state index contributed by atoms with van der Waals surface area (Å²) >= 11 is 0. The Morgan fingerprint density at radius 2 is 1.64 bits per heavy atom. The van der Waals surface area contributed by atoms with Gasteiger partial charge in [-0.15, -0.1) is 0 Å². The van der Waals surface area contributed by atoms with Crippen LogP contribution in [0.5, 0.6) is 6.01 Å². The Balaban J connectivity index is 2.01. The van der Waals surface area contributed by atoms with E-state index in [1.165, 1.54) is 18.3 Å². The van der Waals surface area contributed by atoms with Crippen LogP contribution in [0.2, 0.25) is 0 Å². The zero-order chi connectivity index (χ0) is 24.4. The van der Waals surface area contributed by atoms with Crippen LogP contribution in [0.15, 0.2) is 36.5 Å². The largest absolute Gasteiger partial charge is 0.457 e. The molecule has 0 saturated carbocycles. The van der Waals surface area contributed by atoms with Gasteiger partial charge >= 0.3 is 24.3 Å². The van der Waals surface area contributed by atoms with Crippen molar-refractivity contribution in [1.82, 2.24) is 24.9 Å². The maximum atomic E-state index is 13.2. The van der Waals surface area contributed by atoms with E-state index in [0.717, 1.165) is 12.1 Å². The molecular formula is C18H12F8N6O. The lowest BCUT2D eigenvalue weighted by Crippen LogP contribution is -2.42. The number of aryl methyl sites for hydroxylation is 1. The van der Waals surface area contributed by atoms with Crippen LogP contribution >= 0.6 is 0 Å². The third-order valence-corrected chi connectivity index (χ3v) is 3.83. The Kier molecular flexibility index (Phi) is 6.33. The second-order valence-electron chi connectivity index (χ2n) is 6.47. The maximum absolute atomic E-state index is 13.2. The monoisotopic (exact) mass is 480 g/mol. The molecule has 0 fully saturated rings. The zero-order valence-corrected chi connectivity index (χ0v) is 16.3. The average molecular weight is 480 g/mol. The smallest absolute Gasteiger partial charge is 0.456 e. The summed E-state index contributed by atoms with van der Waals surface area (Å²) < 4.78 is 107. The van der Waals surface area contributed by atoms with Crippen molar-refractivity contribution in [2.75, 3.05) is 11.9 Å². The summed E-state index contributed by atoms with van der Waals surface area (Å²) in [4.78, 5) is 18.3. The highest BCUT2D eigenvalue weighted by molar-refractivity contribution is 5.57. The first-order valence-electron chi connectivity index (χ1n) is 8.82. The number of ether oxygens (including phenoxy) is 1. The Labute approximate surface area is 179 Å². The van der Waals surface area contributed by atoms with Gasteiger partial charge in [-0.05, 0) is 31.2 Å². The minimum Gasteiger partial charge on any atom is -0.457 e. The van der Waals surface area contributed by atoms with Gasteiger partial charge in [-0.2, -0.15) is 50.1 Å². The van der Waals surface area contributed by atoms with Crippen LogP contribution in [0.4, 0.5) is 46.8 Å². The second-order valence-corrected chi connectivity index (χ2v) is 6.47. The summed E-state index contributed by atoms with van der Waals surface area (Å²) in [7, 11) is 0. The SMILES string of the molecule is Cc1cc(Nc2nc(OCC(F)(F)C(F)(F)F)nc(-c3cccc(C(F)(F)F)n3)n2)ccn1.